The van der Waals surface area contributed by atoms with Crippen molar-refractivity contribution in [1.82, 2.24) is 25.1 Å². The molecule has 0 bridgehead atoms. The van der Waals surface area contributed by atoms with E-state index in [-0.39, 0.29) is 0 Å². The van der Waals surface area contributed by atoms with Gasteiger partial charge < -0.3 is 4.90 Å². The Balaban J connectivity index is 1.56. The van der Waals surface area contributed by atoms with Crippen LogP contribution in [0.15, 0.2) is 24.3 Å². The molecule has 0 spiro atoms. The van der Waals surface area contributed by atoms with E-state index in [1.54, 1.807) is 0 Å². The summed E-state index contributed by atoms with van der Waals surface area (Å²) in [6.45, 7) is 10.2. The van der Waals surface area contributed by atoms with E-state index in [0.717, 1.165) is 51.5 Å². The Hall–Kier alpha value is -1.95. The van der Waals surface area contributed by atoms with Crippen LogP contribution >= 0.6 is 0 Å². The first-order valence-corrected chi connectivity index (χ1v) is 8.05. The number of nitrogens with zero attached hydrogens (tertiary/aromatic N) is 6. The van der Waals surface area contributed by atoms with Crippen molar-refractivity contribution in [2.24, 2.45) is 0 Å². The summed E-state index contributed by atoms with van der Waals surface area (Å²) in [5, 5.41) is 12.0. The molecule has 2 aromatic rings. The van der Waals surface area contributed by atoms with Gasteiger partial charge in [-0.25, -0.2) is 4.68 Å². The number of tetrazole rings is 1. The second-order valence-corrected chi connectivity index (χ2v) is 5.92. The molecule has 1 aliphatic rings. The molecule has 1 fully saturated rings. The van der Waals surface area contributed by atoms with Crippen molar-refractivity contribution in [2.45, 2.75) is 33.4 Å². The van der Waals surface area contributed by atoms with E-state index in [9.17, 15) is 0 Å². The molecule has 6 nitrogen and oxygen atoms in total. The van der Waals surface area contributed by atoms with Gasteiger partial charge in [0.05, 0.1) is 6.54 Å². The zero-order valence-corrected chi connectivity index (χ0v) is 13.4. The number of aryl methyl sites for hydroxylation is 2. The minimum Gasteiger partial charge on any atom is -0.369 e. The van der Waals surface area contributed by atoms with Gasteiger partial charge in [0.2, 0.25) is 0 Å². The highest BCUT2D eigenvalue weighted by Gasteiger charge is 2.19. The Bertz CT molecular complexity index is 600. The Morgan fingerprint density at radius 1 is 1.14 bits per heavy atom. The molecule has 1 aromatic heterocycles. The number of rotatable bonds is 5. The van der Waals surface area contributed by atoms with Crippen LogP contribution < -0.4 is 4.90 Å². The van der Waals surface area contributed by atoms with Gasteiger partial charge in [0, 0.05) is 38.4 Å². The van der Waals surface area contributed by atoms with E-state index < -0.39 is 0 Å². The summed E-state index contributed by atoms with van der Waals surface area (Å²) >= 11 is 0. The first-order chi connectivity index (χ1) is 10.8. The normalized spacial score (nSPS) is 16.2. The Labute approximate surface area is 131 Å². The number of hydrogen-bond acceptors (Lipinski definition) is 5. The second-order valence-electron chi connectivity index (χ2n) is 5.92. The lowest BCUT2D eigenvalue weighted by atomic mass is 10.2. The van der Waals surface area contributed by atoms with Gasteiger partial charge in [-0.2, -0.15) is 0 Å². The Morgan fingerprint density at radius 2 is 1.95 bits per heavy atom. The third-order valence-corrected chi connectivity index (χ3v) is 4.15. The van der Waals surface area contributed by atoms with Crippen LogP contribution in [0, 0.1) is 6.92 Å². The average Bonchev–Trinajstić information content (AvgIpc) is 2.96. The largest absolute Gasteiger partial charge is 0.369 e. The highest BCUT2D eigenvalue weighted by molar-refractivity contribution is 5.48. The molecule has 0 aliphatic carbocycles. The zero-order valence-electron chi connectivity index (χ0n) is 13.4. The third kappa shape index (κ3) is 3.44. The fourth-order valence-corrected chi connectivity index (χ4v) is 2.91. The quantitative estimate of drug-likeness (QED) is 0.841. The topological polar surface area (TPSA) is 50.1 Å². The first-order valence-electron chi connectivity index (χ1n) is 8.05. The number of piperazine rings is 1. The number of hydrogen-bond donors (Lipinski definition) is 0. The molecule has 1 saturated heterocycles. The van der Waals surface area contributed by atoms with Crippen LogP contribution in [0.25, 0.3) is 0 Å². The molecule has 118 valence electrons. The average molecular weight is 300 g/mol. The molecule has 3 rings (SSSR count). The monoisotopic (exact) mass is 300 g/mol. The second kappa shape index (κ2) is 6.87. The van der Waals surface area contributed by atoms with Gasteiger partial charge in [-0.1, -0.05) is 19.1 Å². The van der Waals surface area contributed by atoms with Gasteiger partial charge in [0.25, 0.3) is 0 Å². The molecular weight excluding hydrogens is 276 g/mol. The minimum absolute atomic E-state index is 0.842. The van der Waals surface area contributed by atoms with Crippen molar-refractivity contribution >= 4 is 5.69 Å². The standard InChI is InChI=1S/C16H24N6/c1-3-7-22-16(17-18-19-22)13-20-8-10-21(11-9-20)15-6-4-5-14(2)12-15/h4-6,12H,3,7-11,13H2,1-2H3. The van der Waals surface area contributed by atoms with Gasteiger partial charge in [0.1, 0.15) is 0 Å². The van der Waals surface area contributed by atoms with Crippen LogP contribution in [0.4, 0.5) is 5.69 Å². The molecule has 0 unspecified atom stereocenters. The molecule has 1 aliphatic heterocycles. The van der Waals surface area contributed by atoms with Gasteiger partial charge in [-0.05, 0) is 41.5 Å². The molecule has 1 aromatic carbocycles. The smallest absolute Gasteiger partial charge is 0.165 e. The molecule has 0 amide bonds. The molecular formula is C16H24N6. The Morgan fingerprint density at radius 3 is 2.68 bits per heavy atom. The SMILES string of the molecule is CCCn1nnnc1CN1CCN(c2cccc(C)c2)CC1. The van der Waals surface area contributed by atoms with E-state index in [1.165, 1.54) is 11.3 Å². The van der Waals surface area contributed by atoms with Crippen LogP contribution in [0.1, 0.15) is 24.7 Å². The molecule has 0 atom stereocenters. The fourth-order valence-electron chi connectivity index (χ4n) is 2.91. The highest BCUT2D eigenvalue weighted by Crippen LogP contribution is 2.18. The van der Waals surface area contributed by atoms with Gasteiger partial charge >= 0.3 is 0 Å². The lowest BCUT2D eigenvalue weighted by molar-refractivity contribution is 0.239. The summed E-state index contributed by atoms with van der Waals surface area (Å²) in [5.41, 5.74) is 2.65. The minimum atomic E-state index is 0.842. The van der Waals surface area contributed by atoms with E-state index in [4.69, 9.17) is 0 Å². The summed E-state index contributed by atoms with van der Waals surface area (Å²) in [6, 6.07) is 8.74. The van der Waals surface area contributed by atoms with Crippen LogP contribution in [0.2, 0.25) is 0 Å². The fraction of sp³-hybridized carbons (Fsp3) is 0.562. The summed E-state index contributed by atoms with van der Waals surface area (Å²) in [7, 11) is 0. The Kier molecular flexibility index (Phi) is 4.68. The van der Waals surface area contributed by atoms with Crippen molar-refractivity contribution in [2.75, 3.05) is 31.1 Å². The summed E-state index contributed by atoms with van der Waals surface area (Å²) in [5.74, 6) is 0.978. The lowest BCUT2D eigenvalue weighted by Gasteiger charge is -2.35. The number of anilines is 1. The molecule has 2 heterocycles. The van der Waals surface area contributed by atoms with Gasteiger partial charge in [-0.3, -0.25) is 4.90 Å². The van der Waals surface area contributed by atoms with E-state index in [0.29, 0.717) is 0 Å². The maximum atomic E-state index is 4.16. The number of benzene rings is 1. The maximum Gasteiger partial charge on any atom is 0.165 e. The maximum absolute atomic E-state index is 4.16. The van der Waals surface area contributed by atoms with Crippen LogP contribution in [-0.2, 0) is 13.1 Å². The van der Waals surface area contributed by atoms with Crippen LogP contribution in [-0.4, -0.2) is 51.3 Å². The van der Waals surface area contributed by atoms with Gasteiger partial charge in [-0.15, -0.1) is 5.10 Å². The highest BCUT2D eigenvalue weighted by atomic mass is 15.5. The van der Waals surface area contributed by atoms with Gasteiger partial charge in [0.15, 0.2) is 5.82 Å². The number of aromatic nitrogens is 4. The van der Waals surface area contributed by atoms with Crippen molar-refractivity contribution in [1.29, 1.82) is 0 Å². The van der Waals surface area contributed by atoms with E-state index in [2.05, 4.69) is 63.4 Å². The molecule has 0 saturated carbocycles. The lowest BCUT2D eigenvalue weighted by Crippen LogP contribution is -2.46. The zero-order chi connectivity index (χ0) is 15.4. The third-order valence-electron chi connectivity index (χ3n) is 4.15. The summed E-state index contributed by atoms with van der Waals surface area (Å²) in [4.78, 5) is 4.89. The van der Waals surface area contributed by atoms with Crippen LogP contribution in [0.3, 0.4) is 0 Å². The van der Waals surface area contributed by atoms with Crippen molar-refractivity contribution in [3.05, 3.63) is 35.7 Å². The summed E-state index contributed by atoms with van der Waals surface area (Å²) in [6.07, 6.45) is 1.05. The van der Waals surface area contributed by atoms with Crippen molar-refractivity contribution < 1.29 is 0 Å². The molecule has 22 heavy (non-hydrogen) atoms. The van der Waals surface area contributed by atoms with Crippen molar-refractivity contribution in [3.8, 4) is 0 Å². The molecule has 0 N–H and O–H groups in total. The molecule has 6 heteroatoms. The van der Waals surface area contributed by atoms with Crippen molar-refractivity contribution in [3.63, 3.8) is 0 Å². The van der Waals surface area contributed by atoms with E-state index >= 15 is 0 Å². The van der Waals surface area contributed by atoms with E-state index in [1.807, 2.05) is 4.68 Å². The van der Waals surface area contributed by atoms with Crippen LogP contribution in [0.5, 0.6) is 0 Å². The predicted molar refractivity (Wildman–Crippen MR) is 86.8 cm³/mol. The summed E-state index contributed by atoms with van der Waals surface area (Å²) < 4.78 is 1.92. The molecule has 0 radical (unpaired) electrons. The first kappa shape index (κ1) is 15.0. The predicted octanol–water partition coefficient (Wildman–Crippen LogP) is 1.71.